The van der Waals surface area contributed by atoms with Gasteiger partial charge in [-0.25, -0.2) is 4.79 Å². The van der Waals surface area contributed by atoms with Gasteiger partial charge in [0.1, 0.15) is 5.54 Å². The molecule has 26 heavy (non-hydrogen) atoms. The molecule has 1 fully saturated rings. The van der Waals surface area contributed by atoms with E-state index >= 15 is 0 Å². The fourth-order valence-electron chi connectivity index (χ4n) is 2.95. The molecular weight excluding hydrogens is 332 g/mol. The van der Waals surface area contributed by atoms with Crippen molar-refractivity contribution < 1.29 is 14.4 Å². The molecule has 0 atom stereocenters. The summed E-state index contributed by atoms with van der Waals surface area (Å²) < 4.78 is 0. The first-order valence-electron chi connectivity index (χ1n) is 9.01. The van der Waals surface area contributed by atoms with Crippen LogP contribution in [0.5, 0.6) is 0 Å². The Bertz CT molecular complexity index is 645. The molecule has 0 radical (unpaired) electrons. The zero-order valence-electron chi connectivity index (χ0n) is 15.5. The third-order valence-corrected chi connectivity index (χ3v) is 4.42. The number of hydrogen-bond acceptors (Lipinski definition) is 4. The average molecular weight is 360 g/mol. The Morgan fingerprint density at radius 2 is 1.88 bits per heavy atom. The van der Waals surface area contributed by atoms with E-state index in [-0.39, 0.29) is 24.8 Å². The van der Waals surface area contributed by atoms with E-state index in [1.807, 2.05) is 30.3 Å². The van der Waals surface area contributed by atoms with Gasteiger partial charge in [0.2, 0.25) is 5.91 Å². The van der Waals surface area contributed by atoms with Crippen molar-refractivity contribution in [1.82, 2.24) is 15.1 Å². The van der Waals surface area contributed by atoms with Crippen LogP contribution in [0, 0.1) is 0 Å². The predicted octanol–water partition coefficient (Wildman–Crippen LogP) is 1.47. The number of carbonyl (C=O) groups is 3. The lowest BCUT2D eigenvalue weighted by Crippen LogP contribution is -2.40. The standard InChI is InChI=1S/C19H28N4O3/c1-19(2)17(25)23(18(26)21-19)13-6-10-16(24)22(12-7-11-20)14-15-8-4-3-5-9-15/h3-5,8-9H,6-7,10-14,20H2,1-2H3,(H,21,26). The highest BCUT2D eigenvalue weighted by Crippen LogP contribution is 2.17. The largest absolute Gasteiger partial charge is 0.338 e. The van der Waals surface area contributed by atoms with Crippen molar-refractivity contribution in [1.29, 1.82) is 0 Å². The molecule has 0 aliphatic carbocycles. The molecular formula is C19H28N4O3. The van der Waals surface area contributed by atoms with Gasteiger partial charge in [0.15, 0.2) is 0 Å². The highest BCUT2D eigenvalue weighted by molar-refractivity contribution is 6.06. The SMILES string of the molecule is CC1(C)NC(=O)N(CCCC(=O)N(CCCN)Cc2ccccc2)C1=O. The smallest absolute Gasteiger partial charge is 0.325 e. The first-order valence-corrected chi connectivity index (χ1v) is 9.01. The Labute approximate surface area is 154 Å². The highest BCUT2D eigenvalue weighted by Gasteiger charge is 2.43. The Kier molecular flexibility index (Phi) is 6.74. The van der Waals surface area contributed by atoms with E-state index in [1.54, 1.807) is 18.7 Å². The molecule has 0 unspecified atom stereocenters. The molecule has 1 saturated heterocycles. The summed E-state index contributed by atoms with van der Waals surface area (Å²) in [5.74, 6) is -0.243. The minimum atomic E-state index is -0.873. The van der Waals surface area contributed by atoms with Crippen molar-refractivity contribution in [3.05, 3.63) is 35.9 Å². The maximum Gasteiger partial charge on any atom is 0.325 e. The van der Waals surface area contributed by atoms with Crippen LogP contribution < -0.4 is 11.1 Å². The zero-order chi connectivity index (χ0) is 19.2. The summed E-state index contributed by atoms with van der Waals surface area (Å²) in [7, 11) is 0. The molecule has 1 aromatic carbocycles. The molecule has 0 aromatic heterocycles. The molecule has 1 aliphatic heterocycles. The van der Waals surface area contributed by atoms with E-state index < -0.39 is 11.6 Å². The first-order chi connectivity index (χ1) is 12.3. The summed E-state index contributed by atoms with van der Waals surface area (Å²) in [5, 5.41) is 2.64. The summed E-state index contributed by atoms with van der Waals surface area (Å²) in [6.45, 7) is 5.25. The summed E-state index contributed by atoms with van der Waals surface area (Å²) in [6, 6.07) is 9.41. The van der Waals surface area contributed by atoms with E-state index in [4.69, 9.17) is 5.73 Å². The second kappa shape index (κ2) is 8.80. The van der Waals surface area contributed by atoms with Crippen LogP contribution in [0.3, 0.4) is 0 Å². The topological polar surface area (TPSA) is 95.7 Å². The molecule has 0 bridgehead atoms. The molecule has 142 valence electrons. The zero-order valence-corrected chi connectivity index (χ0v) is 15.5. The van der Waals surface area contributed by atoms with Crippen LogP contribution in [0.15, 0.2) is 30.3 Å². The van der Waals surface area contributed by atoms with Gasteiger partial charge >= 0.3 is 6.03 Å². The number of imide groups is 1. The van der Waals surface area contributed by atoms with Gasteiger partial charge in [-0.2, -0.15) is 0 Å². The maximum absolute atomic E-state index is 12.6. The lowest BCUT2D eigenvalue weighted by molar-refractivity contribution is -0.133. The monoisotopic (exact) mass is 360 g/mol. The fourth-order valence-corrected chi connectivity index (χ4v) is 2.95. The van der Waals surface area contributed by atoms with Gasteiger partial charge in [0.05, 0.1) is 0 Å². The highest BCUT2D eigenvalue weighted by atomic mass is 16.2. The molecule has 3 N–H and O–H groups in total. The van der Waals surface area contributed by atoms with Crippen LogP contribution in [0.2, 0.25) is 0 Å². The van der Waals surface area contributed by atoms with Crippen molar-refractivity contribution in [3.63, 3.8) is 0 Å². The molecule has 1 aromatic rings. The minimum Gasteiger partial charge on any atom is -0.338 e. The van der Waals surface area contributed by atoms with Crippen LogP contribution in [0.4, 0.5) is 4.79 Å². The Hall–Kier alpha value is -2.41. The molecule has 2 rings (SSSR count). The van der Waals surface area contributed by atoms with E-state index in [0.717, 1.165) is 12.0 Å². The van der Waals surface area contributed by atoms with Crippen LogP contribution in [0.25, 0.3) is 0 Å². The van der Waals surface area contributed by atoms with E-state index in [0.29, 0.717) is 26.1 Å². The molecule has 0 spiro atoms. The summed E-state index contributed by atoms with van der Waals surface area (Å²) >= 11 is 0. The second-order valence-corrected chi connectivity index (χ2v) is 7.06. The van der Waals surface area contributed by atoms with Gasteiger partial charge in [-0.05, 0) is 38.8 Å². The first kappa shape index (κ1) is 19.9. The van der Waals surface area contributed by atoms with Gasteiger partial charge in [0.25, 0.3) is 5.91 Å². The number of nitrogens with one attached hydrogen (secondary N) is 1. The average Bonchev–Trinajstić information content (AvgIpc) is 2.80. The number of hydrogen-bond donors (Lipinski definition) is 2. The van der Waals surface area contributed by atoms with Crippen LogP contribution in [-0.4, -0.2) is 52.8 Å². The third kappa shape index (κ3) is 5.05. The van der Waals surface area contributed by atoms with Crippen molar-refractivity contribution >= 4 is 17.8 Å². The van der Waals surface area contributed by atoms with Crippen LogP contribution in [0.1, 0.15) is 38.7 Å². The number of rotatable bonds is 9. The molecule has 4 amide bonds. The molecule has 1 aliphatic rings. The predicted molar refractivity (Wildman–Crippen MR) is 99.1 cm³/mol. The van der Waals surface area contributed by atoms with Gasteiger partial charge < -0.3 is 16.0 Å². The summed E-state index contributed by atoms with van der Waals surface area (Å²) in [5.41, 5.74) is 5.77. The molecule has 1 heterocycles. The van der Waals surface area contributed by atoms with Crippen molar-refractivity contribution in [2.24, 2.45) is 5.73 Å². The van der Waals surface area contributed by atoms with E-state index in [1.165, 1.54) is 4.90 Å². The number of nitrogens with zero attached hydrogens (tertiary/aromatic N) is 2. The van der Waals surface area contributed by atoms with Crippen molar-refractivity contribution in [2.75, 3.05) is 19.6 Å². The van der Waals surface area contributed by atoms with Crippen LogP contribution in [-0.2, 0) is 16.1 Å². The number of nitrogens with two attached hydrogens (primary N) is 1. The lowest BCUT2D eigenvalue weighted by atomic mass is 10.1. The van der Waals surface area contributed by atoms with Crippen molar-refractivity contribution in [3.8, 4) is 0 Å². The molecule has 7 nitrogen and oxygen atoms in total. The Morgan fingerprint density at radius 1 is 1.19 bits per heavy atom. The quantitative estimate of drug-likeness (QED) is 0.652. The van der Waals surface area contributed by atoms with Crippen LogP contribution >= 0.6 is 0 Å². The number of amides is 4. The summed E-state index contributed by atoms with van der Waals surface area (Å²) in [4.78, 5) is 39.6. The van der Waals surface area contributed by atoms with Gasteiger partial charge in [0, 0.05) is 26.1 Å². The summed E-state index contributed by atoms with van der Waals surface area (Å²) in [6.07, 6.45) is 1.47. The Morgan fingerprint density at radius 3 is 2.46 bits per heavy atom. The maximum atomic E-state index is 12.6. The van der Waals surface area contributed by atoms with Gasteiger partial charge in [-0.1, -0.05) is 30.3 Å². The number of carbonyl (C=O) groups excluding carboxylic acids is 3. The van der Waals surface area contributed by atoms with E-state index in [9.17, 15) is 14.4 Å². The van der Waals surface area contributed by atoms with E-state index in [2.05, 4.69) is 5.32 Å². The van der Waals surface area contributed by atoms with Gasteiger partial charge in [-0.15, -0.1) is 0 Å². The number of urea groups is 1. The van der Waals surface area contributed by atoms with Crippen molar-refractivity contribution in [2.45, 2.75) is 45.2 Å². The normalized spacial score (nSPS) is 15.9. The lowest BCUT2D eigenvalue weighted by Gasteiger charge is -2.23. The minimum absolute atomic E-state index is 0.00798. The molecule has 7 heteroatoms. The van der Waals surface area contributed by atoms with Gasteiger partial charge in [-0.3, -0.25) is 14.5 Å². The second-order valence-electron chi connectivity index (χ2n) is 7.06. The Balaban J connectivity index is 1.88. The number of benzene rings is 1. The molecule has 0 saturated carbocycles. The fraction of sp³-hybridized carbons (Fsp3) is 0.526. The third-order valence-electron chi connectivity index (χ3n) is 4.42.